The Morgan fingerprint density at radius 3 is 2.56 bits per heavy atom. The number of hydrogen-bond acceptors (Lipinski definition) is 5. The topological polar surface area (TPSA) is 89.8 Å². The van der Waals surface area contributed by atoms with Crippen LogP contribution in [0.25, 0.3) is 0 Å². The summed E-state index contributed by atoms with van der Waals surface area (Å²) in [5.41, 5.74) is -0.270. The van der Waals surface area contributed by atoms with Gasteiger partial charge in [-0.15, -0.1) is 0 Å². The van der Waals surface area contributed by atoms with E-state index in [2.05, 4.69) is 0 Å². The molecular formula is C11H8N2O5. The number of carbonyl (C=O) groups excluding carboxylic acids is 2. The summed E-state index contributed by atoms with van der Waals surface area (Å²) in [4.78, 5) is 33.8. The molecule has 0 saturated heterocycles. The monoisotopic (exact) mass is 248 g/mol. The summed E-state index contributed by atoms with van der Waals surface area (Å²) in [5, 5.41) is 10.7. The molecule has 0 fully saturated rings. The Hall–Kier alpha value is -2.70. The van der Waals surface area contributed by atoms with Crippen LogP contribution in [0.15, 0.2) is 48.0 Å². The Kier molecular flexibility index (Phi) is 3.05. The van der Waals surface area contributed by atoms with E-state index in [0.717, 1.165) is 23.1 Å². The van der Waals surface area contributed by atoms with Crippen LogP contribution < -0.4 is 0 Å². The van der Waals surface area contributed by atoms with Crippen LogP contribution in [0.2, 0.25) is 0 Å². The largest absolute Gasteiger partial charge is 0.474 e. The summed E-state index contributed by atoms with van der Waals surface area (Å²) in [5.74, 6) is -1.32. The lowest BCUT2D eigenvalue weighted by Gasteiger charge is -2.17. The van der Waals surface area contributed by atoms with Gasteiger partial charge >= 0.3 is 0 Å². The van der Waals surface area contributed by atoms with Crippen LogP contribution in [-0.4, -0.2) is 28.2 Å². The molecule has 18 heavy (non-hydrogen) atoms. The van der Waals surface area contributed by atoms with Crippen LogP contribution in [0.3, 0.4) is 0 Å². The summed E-state index contributed by atoms with van der Waals surface area (Å²) in [7, 11) is 0. The highest BCUT2D eigenvalue weighted by molar-refractivity contribution is 6.14. The van der Waals surface area contributed by atoms with Gasteiger partial charge in [0.1, 0.15) is 6.61 Å². The summed E-state index contributed by atoms with van der Waals surface area (Å²) in [6.45, 7) is 0.115. The predicted molar refractivity (Wildman–Crippen MR) is 59.2 cm³/mol. The predicted octanol–water partition coefficient (Wildman–Crippen LogP) is 0.500. The van der Waals surface area contributed by atoms with Gasteiger partial charge in [-0.05, 0) is 6.08 Å². The van der Waals surface area contributed by atoms with Gasteiger partial charge in [0.15, 0.2) is 0 Å². The van der Waals surface area contributed by atoms with Crippen molar-refractivity contribution in [1.29, 1.82) is 0 Å². The number of amides is 2. The summed E-state index contributed by atoms with van der Waals surface area (Å²) >= 11 is 0. The van der Waals surface area contributed by atoms with Crippen molar-refractivity contribution in [3.63, 3.8) is 0 Å². The highest BCUT2D eigenvalue weighted by Gasteiger charge is 2.29. The maximum Gasteiger partial charge on any atom is 0.274 e. The van der Waals surface area contributed by atoms with Gasteiger partial charge in [0.05, 0.1) is 11.0 Å². The zero-order valence-corrected chi connectivity index (χ0v) is 9.11. The molecule has 92 valence electrons. The molecule has 2 amide bonds. The first-order chi connectivity index (χ1) is 8.59. The lowest BCUT2D eigenvalue weighted by molar-refractivity contribution is -0.419. The van der Waals surface area contributed by atoms with Crippen molar-refractivity contribution < 1.29 is 19.2 Å². The molecule has 0 N–H and O–H groups in total. The first-order valence-corrected chi connectivity index (χ1v) is 5.01. The molecule has 0 aromatic rings. The molecule has 7 heteroatoms. The van der Waals surface area contributed by atoms with E-state index in [1.165, 1.54) is 18.2 Å². The highest BCUT2D eigenvalue weighted by Crippen LogP contribution is 2.17. The second-order valence-electron chi connectivity index (χ2n) is 3.42. The van der Waals surface area contributed by atoms with Crippen LogP contribution >= 0.6 is 0 Å². The molecule has 2 rings (SSSR count). The summed E-state index contributed by atoms with van der Waals surface area (Å²) in [6, 6.07) is 0. The van der Waals surface area contributed by atoms with Crippen molar-refractivity contribution >= 4 is 11.8 Å². The minimum absolute atomic E-state index is 0.115. The molecule has 0 atom stereocenters. The zero-order valence-electron chi connectivity index (χ0n) is 9.11. The first kappa shape index (κ1) is 11.8. The molecule has 2 aliphatic heterocycles. The molecule has 0 aliphatic carbocycles. The maximum absolute atomic E-state index is 11.4. The molecule has 0 saturated carbocycles. The van der Waals surface area contributed by atoms with Gasteiger partial charge in [0.25, 0.3) is 17.5 Å². The fourth-order valence-electron chi connectivity index (χ4n) is 1.43. The smallest absolute Gasteiger partial charge is 0.274 e. The van der Waals surface area contributed by atoms with E-state index in [1.807, 2.05) is 0 Å². The van der Waals surface area contributed by atoms with E-state index in [9.17, 15) is 19.7 Å². The SMILES string of the molecule is O=C1C=CC(=O)N1C1=C/C([N+](=O)[O-])=C\C=C/CO1. The molecule has 0 bridgehead atoms. The maximum atomic E-state index is 11.4. The number of carbonyl (C=O) groups is 2. The summed E-state index contributed by atoms with van der Waals surface area (Å²) in [6.07, 6.45) is 7.48. The molecule has 0 radical (unpaired) electrons. The third kappa shape index (κ3) is 2.19. The van der Waals surface area contributed by atoms with E-state index in [0.29, 0.717) is 0 Å². The van der Waals surface area contributed by atoms with Crippen LogP contribution in [0.4, 0.5) is 0 Å². The molecule has 2 aliphatic rings. The van der Waals surface area contributed by atoms with Crippen molar-refractivity contribution in [2.45, 2.75) is 0 Å². The Labute approximate surface area is 101 Å². The fraction of sp³-hybridized carbons (Fsp3) is 0.0909. The van der Waals surface area contributed by atoms with E-state index in [4.69, 9.17) is 4.74 Å². The molecular weight excluding hydrogens is 240 g/mol. The van der Waals surface area contributed by atoms with E-state index >= 15 is 0 Å². The third-order valence-electron chi connectivity index (χ3n) is 2.24. The number of allylic oxidation sites excluding steroid dienone is 3. The number of nitro groups is 1. The summed E-state index contributed by atoms with van der Waals surface area (Å²) < 4.78 is 5.16. The second-order valence-corrected chi connectivity index (χ2v) is 3.42. The van der Waals surface area contributed by atoms with E-state index < -0.39 is 16.7 Å². The Balaban J connectivity index is 2.37. The minimum atomic E-state index is -0.628. The molecule has 0 unspecified atom stereocenters. The number of nitrogens with zero attached hydrogens (tertiary/aromatic N) is 2. The van der Waals surface area contributed by atoms with Crippen LogP contribution in [0, 0.1) is 10.1 Å². The van der Waals surface area contributed by atoms with Crippen molar-refractivity contribution in [2.75, 3.05) is 6.61 Å². The van der Waals surface area contributed by atoms with E-state index in [-0.39, 0.29) is 18.2 Å². The number of ether oxygens (including phenoxy) is 1. The van der Waals surface area contributed by atoms with Crippen LogP contribution in [-0.2, 0) is 14.3 Å². The minimum Gasteiger partial charge on any atom is -0.474 e. The Bertz CT molecular complexity index is 524. The number of rotatable bonds is 2. The molecule has 2 heterocycles. The van der Waals surface area contributed by atoms with Gasteiger partial charge in [0, 0.05) is 18.2 Å². The third-order valence-corrected chi connectivity index (χ3v) is 2.24. The van der Waals surface area contributed by atoms with E-state index in [1.54, 1.807) is 0 Å². The van der Waals surface area contributed by atoms with Gasteiger partial charge in [-0.25, -0.2) is 4.90 Å². The lowest BCUT2D eigenvalue weighted by Crippen LogP contribution is -2.31. The van der Waals surface area contributed by atoms with Gasteiger partial charge in [-0.3, -0.25) is 19.7 Å². The Morgan fingerprint density at radius 1 is 1.28 bits per heavy atom. The Morgan fingerprint density at radius 2 is 1.94 bits per heavy atom. The van der Waals surface area contributed by atoms with Gasteiger partial charge in [-0.2, -0.15) is 0 Å². The van der Waals surface area contributed by atoms with Crippen molar-refractivity contribution in [3.05, 3.63) is 58.2 Å². The van der Waals surface area contributed by atoms with Gasteiger partial charge < -0.3 is 4.74 Å². The lowest BCUT2D eigenvalue weighted by atomic mass is 10.3. The molecule has 0 spiro atoms. The average molecular weight is 248 g/mol. The zero-order chi connectivity index (χ0) is 13.1. The molecule has 0 aromatic heterocycles. The van der Waals surface area contributed by atoms with Crippen molar-refractivity contribution in [3.8, 4) is 0 Å². The van der Waals surface area contributed by atoms with Gasteiger partial charge in [0.2, 0.25) is 5.88 Å². The van der Waals surface area contributed by atoms with Crippen molar-refractivity contribution in [2.24, 2.45) is 0 Å². The molecule has 7 nitrogen and oxygen atoms in total. The normalized spacial score (nSPS) is 23.7. The second kappa shape index (κ2) is 4.66. The average Bonchev–Trinajstić information content (AvgIpc) is 2.59. The first-order valence-electron chi connectivity index (χ1n) is 5.01. The quantitative estimate of drug-likeness (QED) is 0.403. The van der Waals surface area contributed by atoms with Gasteiger partial charge in [-0.1, -0.05) is 6.08 Å². The van der Waals surface area contributed by atoms with Crippen LogP contribution in [0.1, 0.15) is 0 Å². The number of imide groups is 1. The highest BCUT2D eigenvalue weighted by atomic mass is 16.6. The standard InChI is InChI=1S/C11H8N2O5/c14-9-4-5-10(15)12(9)11-7-8(13(16)17)3-1-2-6-18-11/h1-5,7H,6H2/b2-1-,8-3+,11-7?. The molecule has 0 aromatic carbocycles. The van der Waals surface area contributed by atoms with Crippen LogP contribution in [0.5, 0.6) is 0 Å². The number of hydrogen-bond donors (Lipinski definition) is 0. The van der Waals surface area contributed by atoms with Crippen molar-refractivity contribution in [1.82, 2.24) is 4.90 Å². The fourth-order valence-corrected chi connectivity index (χ4v) is 1.43.